The Balaban J connectivity index is 2.43. The van der Waals surface area contributed by atoms with Crippen LogP contribution in [0.15, 0.2) is 29.2 Å². The molecule has 0 saturated carbocycles. The van der Waals surface area contributed by atoms with Gasteiger partial charge in [0.1, 0.15) is 5.75 Å². The Morgan fingerprint density at radius 2 is 1.90 bits per heavy atom. The third kappa shape index (κ3) is 6.03. The highest BCUT2D eigenvalue weighted by Gasteiger charge is 2.20. The molecule has 0 saturated heterocycles. The number of sulfone groups is 1. The smallest absolute Gasteiger partial charge is 0.175 e. The zero-order valence-electron chi connectivity index (χ0n) is 12.9. The van der Waals surface area contributed by atoms with Crippen molar-refractivity contribution in [2.45, 2.75) is 37.1 Å². The molecule has 21 heavy (non-hydrogen) atoms. The van der Waals surface area contributed by atoms with Gasteiger partial charge in [-0.1, -0.05) is 6.92 Å². The molecule has 0 heterocycles. The van der Waals surface area contributed by atoms with Crippen LogP contribution in [0.3, 0.4) is 0 Å². The van der Waals surface area contributed by atoms with Crippen LogP contribution in [0.1, 0.15) is 26.7 Å². The second-order valence-electron chi connectivity index (χ2n) is 5.44. The van der Waals surface area contributed by atoms with Crippen molar-refractivity contribution in [2.75, 3.05) is 26.0 Å². The van der Waals surface area contributed by atoms with Crippen LogP contribution in [-0.4, -0.2) is 45.1 Å². The Morgan fingerprint density at radius 1 is 1.29 bits per heavy atom. The molecule has 6 heteroatoms. The summed E-state index contributed by atoms with van der Waals surface area (Å²) in [5.74, 6) is 0.650. The second kappa shape index (κ2) is 7.77. The Labute approximate surface area is 127 Å². The number of likely N-dealkylation sites (N-methyl/N-ethyl adjacent to an activating group) is 1. The fourth-order valence-corrected chi connectivity index (χ4v) is 2.72. The lowest BCUT2D eigenvalue weighted by Crippen LogP contribution is -2.45. The van der Waals surface area contributed by atoms with E-state index in [0.29, 0.717) is 12.4 Å². The number of rotatable bonds is 9. The van der Waals surface area contributed by atoms with E-state index >= 15 is 0 Å². The summed E-state index contributed by atoms with van der Waals surface area (Å²) in [5.41, 5.74) is -0.280. The summed E-state index contributed by atoms with van der Waals surface area (Å²) in [4.78, 5) is 0.287. The minimum atomic E-state index is -3.17. The largest absolute Gasteiger partial charge is 0.494 e. The molecule has 120 valence electrons. The van der Waals surface area contributed by atoms with Crippen molar-refractivity contribution in [1.82, 2.24) is 5.32 Å². The summed E-state index contributed by atoms with van der Waals surface area (Å²) in [6.07, 6.45) is 2.79. The molecule has 1 aromatic rings. The van der Waals surface area contributed by atoms with Crippen LogP contribution in [0.5, 0.6) is 5.75 Å². The molecule has 0 aromatic heterocycles. The van der Waals surface area contributed by atoms with Gasteiger partial charge in [0, 0.05) is 11.8 Å². The fourth-order valence-electron chi connectivity index (χ4n) is 2.09. The van der Waals surface area contributed by atoms with Crippen LogP contribution >= 0.6 is 0 Å². The van der Waals surface area contributed by atoms with Crippen molar-refractivity contribution in [3.8, 4) is 5.75 Å². The minimum absolute atomic E-state index is 0.0872. The Morgan fingerprint density at radius 3 is 2.38 bits per heavy atom. The molecule has 1 atom stereocenters. The van der Waals surface area contributed by atoms with E-state index in [1.54, 1.807) is 24.3 Å². The van der Waals surface area contributed by atoms with Gasteiger partial charge in [0.2, 0.25) is 0 Å². The summed E-state index contributed by atoms with van der Waals surface area (Å²) < 4.78 is 28.3. The number of benzene rings is 1. The third-order valence-corrected chi connectivity index (χ3v) is 4.47. The molecule has 1 aromatic carbocycles. The lowest BCUT2D eigenvalue weighted by Gasteiger charge is -2.28. The van der Waals surface area contributed by atoms with E-state index in [1.165, 1.54) is 6.26 Å². The summed E-state index contributed by atoms with van der Waals surface area (Å²) >= 11 is 0. The van der Waals surface area contributed by atoms with Crippen LogP contribution in [0.4, 0.5) is 0 Å². The molecule has 0 radical (unpaired) electrons. The highest BCUT2D eigenvalue weighted by atomic mass is 32.2. The molecule has 1 rings (SSSR count). The molecule has 0 amide bonds. The maximum absolute atomic E-state index is 11.3. The van der Waals surface area contributed by atoms with Crippen molar-refractivity contribution in [1.29, 1.82) is 0 Å². The Kier molecular flexibility index (Phi) is 6.64. The maximum Gasteiger partial charge on any atom is 0.175 e. The number of ether oxygens (including phenoxy) is 1. The molecule has 1 unspecified atom stereocenters. The van der Waals surface area contributed by atoms with Crippen LogP contribution in [0.25, 0.3) is 0 Å². The first-order valence-electron chi connectivity index (χ1n) is 7.09. The number of hydrogen-bond acceptors (Lipinski definition) is 5. The van der Waals surface area contributed by atoms with Crippen molar-refractivity contribution < 1.29 is 18.3 Å². The first-order chi connectivity index (χ1) is 9.80. The van der Waals surface area contributed by atoms with Gasteiger partial charge in [-0.25, -0.2) is 8.42 Å². The predicted octanol–water partition coefficient (Wildman–Crippen LogP) is 1.61. The van der Waals surface area contributed by atoms with E-state index in [9.17, 15) is 13.5 Å². The van der Waals surface area contributed by atoms with E-state index in [0.717, 1.165) is 19.4 Å². The van der Waals surface area contributed by atoms with E-state index in [4.69, 9.17) is 4.74 Å². The zero-order chi connectivity index (χ0) is 15.9. The van der Waals surface area contributed by atoms with Gasteiger partial charge < -0.3 is 15.2 Å². The van der Waals surface area contributed by atoms with E-state index < -0.39 is 9.84 Å². The minimum Gasteiger partial charge on any atom is -0.494 e. The van der Waals surface area contributed by atoms with Crippen LogP contribution < -0.4 is 10.1 Å². The normalized spacial score (nSPS) is 14.7. The summed E-state index contributed by atoms with van der Waals surface area (Å²) in [6, 6.07) is 6.40. The standard InChI is InChI=1S/C15H25NO4S/c1-4-16-15(2,12-17)10-5-11-20-13-6-8-14(9-7-13)21(3,18)19/h6-9,16-17H,4-5,10-12H2,1-3H3. The van der Waals surface area contributed by atoms with Gasteiger partial charge >= 0.3 is 0 Å². The van der Waals surface area contributed by atoms with E-state index in [1.807, 2.05) is 13.8 Å². The zero-order valence-corrected chi connectivity index (χ0v) is 13.7. The van der Waals surface area contributed by atoms with Gasteiger partial charge in [-0.15, -0.1) is 0 Å². The molecule has 0 aliphatic heterocycles. The quantitative estimate of drug-likeness (QED) is 0.677. The summed E-state index contributed by atoms with van der Waals surface area (Å²) in [6.45, 7) is 5.42. The molecule has 2 N–H and O–H groups in total. The SMILES string of the molecule is CCNC(C)(CO)CCCOc1ccc(S(C)(=O)=O)cc1. The lowest BCUT2D eigenvalue weighted by molar-refractivity contribution is 0.158. The molecule has 0 aliphatic carbocycles. The molecule has 0 spiro atoms. The number of aliphatic hydroxyl groups is 1. The Bertz CT molecular complexity index is 527. The van der Waals surface area contributed by atoms with Crippen LogP contribution in [0.2, 0.25) is 0 Å². The monoisotopic (exact) mass is 315 g/mol. The lowest BCUT2D eigenvalue weighted by atomic mass is 9.97. The van der Waals surface area contributed by atoms with Gasteiger partial charge in [-0.3, -0.25) is 0 Å². The van der Waals surface area contributed by atoms with Crippen molar-refractivity contribution in [2.24, 2.45) is 0 Å². The maximum atomic E-state index is 11.3. The molecule has 0 bridgehead atoms. The second-order valence-corrected chi connectivity index (χ2v) is 7.46. The van der Waals surface area contributed by atoms with Gasteiger partial charge in [-0.05, 0) is 50.6 Å². The van der Waals surface area contributed by atoms with Crippen molar-refractivity contribution in [3.63, 3.8) is 0 Å². The predicted molar refractivity (Wildman–Crippen MR) is 83.4 cm³/mol. The van der Waals surface area contributed by atoms with Crippen LogP contribution in [-0.2, 0) is 9.84 Å². The fraction of sp³-hybridized carbons (Fsp3) is 0.600. The van der Waals surface area contributed by atoms with Crippen molar-refractivity contribution in [3.05, 3.63) is 24.3 Å². The first-order valence-corrected chi connectivity index (χ1v) is 8.99. The van der Waals surface area contributed by atoms with E-state index in [2.05, 4.69) is 5.32 Å². The van der Waals surface area contributed by atoms with Gasteiger partial charge in [0.05, 0.1) is 18.1 Å². The average Bonchev–Trinajstić information content (AvgIpc) is 2.43. The number of aliphatic hydroxyl groups excluding tert-OH is 1. The highest BCUT2D eigenvalue weighted by molar-refractivity contribution is 7.90. The molecular weight excluding hydrogens is 290 g/mol. The highest BCUT2D eigenvalue weighted by Crippen LogP contribution is 2.17. The summed E-state index contributed by atoms with van der Waals surface area (Å²) in [7, 11) is -3.17. The molecule has 0 aliphatic rings. The number of nitrogens with one attached hydrogen (secondary N) is 1. The molecular formula is C15H25NO4S. The van der Waals surface area contributed by atoms with Crippen LogP contribution in [0, 0.1) is 0 Å². The van der Waals surface area contributed by atoms with Crippen molar-refractivity contribution >= 4 is 9.84 Å². The van der Waals surface area contributed by atoms with E-state index in [-0.39, 0.29) is 17.0 Å². The molecule has 0 fully saturated rings. The number of hydrogen-bond donors (Lipinski definition) is 2. The average molecular weight is 315 g/mol. The van der Waals surface area contributed by atoms with Gasteiger partial charge in [0.15, 0.2) is 9.84 Å². The summed E-state index contributed by atoms with van der Waals surface area (Å²) in [5, 5.41) is 12.6. The topological polar surface area (TPSA) is 75.6 Å². The molecule has 5 nitrogen and oxygen atoms in total. The first kappa shape index (κ1) is 17.9. The third-order valence-electron chi connectivity index (χ3n) is 3.35. The Hall–Kier alpha value is -1.11. The van der Waals surface area contributed by atoms with Gasteiger partial charge in [0.25, 0.3) is 0 Å². The van der Waals surface area contributed by atoms with Gasteiger partial charge in [-0.2, -0.15) is 0 Å².